The predicted molar refractivity (Wildman–Crippen MR) is 147 cm³/mol. The number of aryl methyl sites for hydroxylation is 4. The molecule has 6 rings (SSSR count). The number of rotatable bonds is 5. The number of fused-ring (bicyclic) bond motifs is 1. The minimum atomic E-state index is 0.520. The molecule has 36 heavy (non-hydrogen) atoms. The highest BCUT2D eigenvalue weighted by Gasteiger charge is 2.28. The normalized spacial score (nSPS) is 17.1. The number of aromatic nitrogens is 3. The number of ether oxygens (including phenoxy) is 1. The van der Waals surface area contributed by atoms with E-state index in [1.165, 1.54) is 39.1 Å². The molecule has 0 amide bonds. The van der Waals surface area contributed by atoms with E-state index in [1.807, 2.05) is 12.4 Å². The van der Waals surface area contributed by atoms with E-state index in [-0.39, 0.29) is 0 Å². The summed E-state index contributed by atoms with van der Waals surface area (Å²) >= 11 is 0. The number of nitrogens with one attached hydrogen (secondary N) is 2. The maximum absolute atomic E-state index is 5.37. The number of benzene rings is 2. The van der Waals surface area contributed by atoms with E-state index >= 15 is 0 Å². The smallest absolute Gasteiger partial charge is 0.142 e. The van der Waals surface area contributed by atoms with Gasteiger partial charge in [-0.15, -0.1) is 0 Å². The highest BCUT2D eigenvalue weighted by molar-refractivity contribution is 5.91. The third kappa shape index (κ3) is 4.40. The van der Waals surface area contributed by atoms with Gasteiger partial charge in [-0.25, -0.2) is 4.98 Å². The Morgan fingerprint density at radius 2 is 1.56 bits per heavy atom. The summed E-state index contributed by atoms with van der Waals surface area (Å²) in [7, 11) is 0. The van der Waals surface area contributed by atoms with Crippen LogP contribution in [0.1, 0.15) is 35.1 Å². The maximum atomic E-state index is 5.37. The van der Waals surface area contributed by atoms with Gasteiger partial charge in [-0.05, 0) is 63.3 Å². The Labute approximate surface area is 213 Å². The van der Waals surface area contributed by atoms with Crippen LogP contribution < -0.4 is 10.2 Å². The number of anilines is 1. The molecule has 0 aliphatic carbocycles. The Morgan fingerprint density at radius 1 is 0.861 bits per heavy atom. The van der Waals surface area contributed by atoms with E-state index in [9.17, 15) is 0 Å². The quantitative estimate of drug-likeness (QED) is 0.395. The van der Waals surface area contributed by atoms with Crippen LogP contribution in [0.4, 0.5) is 5.69 Å². The average Bonchev–Trinajstić information content (AvgIpc) is 3.25. The molecule has 0 bridgehead atoms. The van der Waals surface area contributed by atoms with Gasteiger partial charge in [0.2, 0.25) is 0 Å². The third-order valence-electron chi connectivity index (χ3n) is 7.55. The molecule has 186 valence electrons. The van der Waals surface area contributed by atoms with Gasteiger partial charge in [0, 0.05) is 37.1 Å². The van der Waals surface area contributed by atoms with Crippen molar-refractivity contribution in [1.29, 1.82) is 0 Å². The molecule has 0 radical (unpaired) electrons. The number of hydrogen-bond acceptors (Lipinski definition) is 5. The first-order valence-corrected chi connectivity index (χ1v) is 13.1. The van der Waals surface area contributed by atoms with Crippen molar-refractivity contribution in [2.75, 3.05) is 31.2 Å². The zero-order chi connectivity index (χ0) is 24.8. The van der Waals surface area contributed by atoms with Crippen molar-refractivity contribution in [3.05, 3.63) is 65.0 Å². The van der Waals surface area contributed by atoms with Crippen molar-refractivity contribution in [2.24, 2.45) is 0 Å². The fraction of sp³-hybridized carbons (Fsp3) is 0.400. The van der Waals surface area contributed by atoms with Crippen molar-refractivity contribution in [1.82, 2.24) is 20.3 Å². The molecule has 4 heterocycles. The van der Waals surface area contributed by atoms with Gasteiger partial charge in [-0.2, -0.15) is 0 Å². The van der Waals surface area contributed by atoms with Gasteiger partial charge in [-0.3, -0.25) is 4.98 Å². The molecular formula is C30H35N5O. The summed E-state index contributed by atoms with van der Waals surface area (Å²) in [5.41, 5.74) is 11.8. The summed E-state index contributed by atoms with van der Waals surface area (Å²) in [4.78, 5) is 16.0. The lowest BCUT2D eigenvalue weighted by molar-refractivity contribution is -0.0111. The second-order valence-electron chi connectivity index (χ2n) is 10.7. The lowest BCUT2D eigenvalue weighted by atomic mass is 9.96. The van der Waals surface area contributed by atoms with Gasteiger partial charge in [-0.1, -0.05) is 35.4 Å². The molecule has 6 heteroatoms. The maximum Gasteiger partial charge on any atom is 0.142 e. The second-order valence-corrected chi connectivity index (χ2v) is 10.7. The van der Waals surface area contributed by atoms with Gasteiger partial charge < -0.3 is 19.9 Å². The molecule has 2 aliphatic rings. The van der Waals surface area contributed by atoms with Crippen LogP contribution >= 0.6 is 0 Å². The van der Waals surface area contributed by atoms with Crippen molar-refractivity contribution >= 4 is 16.7 Å². The van der Waals surface area contributed by atoms with Gasteiger partial charge in [0.05, 0.1) is 41.5 Å². The molecule has 2 fully saturated rings. The Hall–Kier alpha value is -3.22. The van der Waals surface area contributed by atoms with Crippen molar-refractivity contribution in [2.45, 2.75) is 52.6 Å². The number of hydrogen-bond donors (Lipinski definition) is 2. The summed E-state index contributed by atoms with van der Waals surface area (Å²) in [5, 5.41) is 3.78. The fourth-order valence-corrected chi connectivity index (χ4v) is 5.84. The first-order chi connectivity index (χ1) is 17.4. The van der Waals surface area contributed by atoms with Gasteiger partial charge in [0.1, 0.15) is 5.82 Å². The first-order valence-electron chi connectivity index (χ1n) is 13.1. The molecule has 2 aromatic carbocycles. The molecule has 0 atom stereocenters. The van der Waals surface area contributed by atoms with Crippen molar-refractivity contribution < 1.29 is 4.74 Å². The van der Waals surface area contributed by atoms with Crippen LogP contribution in [0.25, 0.3) is 33.5 Å². The molecule has 4 aromatic rings. The number of nitrogens with zero attached hydrogens (tertiary/aromatic N) is 3. The Bertz CT molecular complexity index is 1390. The monoisotopic (exact) mass is 481 g/mol. The zero-order valence-electron chi connectivity index (χ0n) is 21.7. The van der Waals surface area contributed by atoms with Crippen LogP contribution in [0, 0.1) is 27.7 Å². The number of piperidine rings is 1. The number of H-pyrrole nitrogens is 1. The van der Waals surface area contributed by atoms with Crippen LogP contribution in [0.5, 0.6) is 0 Å². The summed E-state index contributed by atoms with van der Waals surface area (Å²) < 4.78 is 5.37. The van der Waals surface area contributed by atoms with Crippen molar-refractivity contribution in [3.63, 3.8) is 0 Å². The summed E-state index contributed by atoms with van der Waals surface area (Å²) in [6.45, 7) is 12.3. The highest BCUT2D eigenvalue weighted by atomic mass is 16.5. The number of pyridine rings is 1. The van der Waals surface area contributed by atoms with E-state index in [2.05, 4.69) is 73.2 Å². The largest absolute Gasteiger partial charge is 0.378 e. The van der Waals surface area contributed by atoms with Crippen LogP contribution in [0.15, 0.2) is 42.7 Å². The molecule has 0 unspecified atom stereocenters. The molecule has 2 aromatic heterocycles. The summed E-state index contributed by atoms with van der Waals surface area (Å²) in [6.07, 6.45) is 6.24. The Balaban J connectivity index is 1.44. The molecular weight excluding hydrogens is 446 g/mol. The summed E-state index contributed by atoms with van der Waals surface area (Å²) in [5.74, 6) is 0.888. The van der Waals surface area contributed by atoms with Gasteiger partial charge in [0.15, 0.2) is 0 Å². The lowest BCUT2D eigenvalue weighted by Crippen LogP contribution is -2.53. The molecule has 2 saturated heterocycles. The van der Waals surface area contributed by atoms with E-state index < -0.39 is 0 Å². The summed E-state index contributed by atoms with van der Waals surface area (Å²) in [6, 6.07) is 12.2. The van der Waals surface area contributed by atoms with E-state index in [0.717, 1.165) is 61.6 Å². The van der Waals surface area contributed by atoms with E-state index in [1.54, 1.807) is 0 Å². The van der Waals surface area contributed by atoms with E-state index in [4.69, 9.17) is 14.7 Å². The third-order valence-corrected chi connectivity index (χ3v) is 7.55. The van der Waals surface area contributed by atoms with Crippen LogP contribution in [0.3, 0.4) is 0 Å². The van der Waals surface area contributed by atoms with Crippen LogP contribution in [0.2, 0.25) is 0 Å². The molecule has 2 N–H and O–H groups in total. The molecule has 0 spiro atoms. The van der Waals surface area contributed by atoms with Gasteiger partial charge in [0.25, 0.3) is 0 Å². The number of aromatic amines is 1. The van der Waals surface area contributed by atoms with Crippen molar-refractivity contribution in [3.8, 4) is 22.5 Å². The van der Waals surface area contributed by atoms with Crippen LogP contribution in [-0.4, -0.2) is 53.3 Å². The first kappa shape index (κ1) is 23.2. The average molecular weight is 482 g/mol. The zero-order valence-corrected chi connectivity index (χ0v) is 21.7. The Morgan fingerprint density at radius 3 is 2.25 bits per heavy atom. The molecule has 6 nitrogen and oxygen atoms in total. The predicted octanol–water partition coefficient (Wildman–Crippen LogP) is 5.48. The lowest BCUT2D eigenvalue weighted by Gasteiger charge is -2.39. The highest BCUT2D eigenvalue weighted by Crippen LogP contribution is 2.40. The van der Waals surface area contributed by atoms with Gasteiger partial charge >= 0.3 is 0 Å². The SMILES string of the molecule is Cc1cc(C)cc(-c2cncc(-c3nc4c(C)cc(C)cc4[nH]3)c2N2CCC(NC3COC3)CC2)c1. The fourth-order valence-electron chi connectivity index (χ4n) is 5.84. The topological polar surface area (TPSA) is 66.1 Å². The minimum Gasteiger partial charge on any atom is -0.378 e. The molecule has 0 saturated carbocycles. The van der Waals surface area contributed by atoms with Crippen LogP contribution in [-0.2, 0) is 4.74 Å². The second kappa shape index (κ2) is 9.34. The van der Waals surface area contributed by atoms with E-state index in [0.29, 0.717) is 12.1 Å². The standard InChI is InChI=1S/C30H35N5O/c1-18-9-19(2)12-22(11-18)25-14-31-15-26(30-33-27-13-20(3)10-21(4)28(27)34-30)29(25)35-7-5-23(6-8-35)32-24-16-36-17-24/h9-15,23-24,32H,5-8,16-17H2,1-4H3,(H,33,34). The number of imidazole rings is 1. The molecule has 2 aliphatic heterocycles. The minimum absolute atomic E-state index is 0.520. The Kier molecular flexibility index (Phi) is 6.02.